The molecule has 39 heavy (non-hydrogen) atoms. The van der Waals surface area contributed by atoms with Gasteiger partial charge in [-0.2, -0.15) is 26.3 Å². The van der Waals surface area contributed by atoms with Crippen LogP contribution in [0.5, 0.6) is 0 Å². The van der Waals surface area contributed by atoms with E-state index >= 15 is 0 Å². The molecule has 6 nitrogen and oxygen atoms in total. The third kappa shape index (κ3) is 7.21. The highest BCUT2D eigenvalue weighted by atomic mass is 19.4. The van der Waals surface area contributed by atoms with Crippen LogP contribution in [0.15, 0.2) is 12.4 Å². The molecular formula is C27H41F6N5O. The molecule has 3 fully saturated rings. The van der Waals surface area contributed by atoms with Crippen molar-refractivity contribution in [3.05, 3.63) is 18.0 Å². The van der Waals surface area contributed by atoms with Crippen LogP contribution in [0.4, 0.5) is 26.3 Å². The molecular weight excluding hydrogens is 524 g/mol. The van der Waals surface area contributed by atoms with E-state index in [9.17, 15) is 31.1 Å². The highest BCUT2D eigenvalue weighted by Crippen LogP contribution is 2.45. The van der Waals surface area contributed by atoms with Crippen LogP contribution in [0, 0.1) is 40.9 Å². The molecule has 222 valence electrons. The summed E-state index contributed by atoms with van der Waals surface area (Å²) in [6, 6.07) is -1.90. The zero-order chi connectivity index (χ0) is 28.5. The van der Waals surface area contributed by atoms with Crippen molar-refractivity contribution in [1.82, 2.24) is 19.8 Å². The molecule has 1 aliphatic heterocycles. The second-order valence-electron chi connectivity index (χ2n) is 12.1. The molecule has 1 amide bonds. The minimum atomic E-state index is -4.37. The highest BCUT2D eigenvalue weighted by Gasteiger charge is 2.50. The van der Waals surface area contributed by atoms with Crippen molar-refractivity contribution in [3.63, 3.8) is 0 Å². The standard InChI is InChI=1S/C27H41F6N5O/c1-16(18-5-7-21(8-6-18)26(28,29)30)36-24(39)20-13-17(15-38-11-10-37(2)25(38)34)12-19(14-20)22-4-3-9-35-23(22)27(31,32)33/h10-11,16-23,34-35H,3-9,12-15H2,1-2H3,(H,36,39)/t16-,17?,18?,19?,20?,21?,22?,23?/m0/s1. The highest BCUT2D eigenvalue weighted by molar-refractivity contribution is 5.79. The topological polar surface area (TPSA) is 74.8 Å². The van der Waals surface area contributed by atoms with Crippen LogP contribution in [-0.2, 0) is 18.4 Å². The lowest BCUT2D eigenvalue weighted by molar-refractivity contribution is -0.184. The van der Waals surface area contributed by atoms with Crippen molar-refractivity contribution in [2.24, 2.45) is 42.6 Å². The third-order valence-corrected chi connectivity index (χ3v) is 9.52. The number of imidazole rings is 1. The van der Waals surface area contributed by atoms with Gasteiger partial charge in [0.05, 0.1) is 5.92 Å². The number of piperidine rings is 1. The summed E-state index contributed by atoms with van der Waals surface area (Å²) in [5, 5.41) is 14.0. The molecule has 0 aromatic carbocycles. The maximum atomic E-state index is 13.9. The molecule has 2 saturated carbocycles. The Balaban J connectivity index is 1.46. The number of halogens is 6. The van der Waals surface area contributed by atoms with E-state index in [2.05, 4.69) is 10.6 Å². The van der Waals surface area contributed by atoms with Gasteiger partial charge in [-0.05, 0) is 94.9 Å². The van der Waals surface area contributed by atoms with Gasteiger partial charge in [0.15, 0.2) is 0 Å². The molecule has 12 heteroatoms. The first-order valence-corrected chi connectivity index (χ1v) is 14.2. The Kier molecular flexibility index (Phi) is 9.12. The van der Waals surface area contributed by atoms with E-state index < -0.39 is 36.1 Å². The Morgan fingerprint density at radius 1 is 1.05 bits per heavy atom. The fourth-order valence-corrected chi connectivity index (χ4v) is 7.33. The number of nitrogens with zero attached hydrogens (tertiary/aromatic N) is 2. The van der Waals surface area contributed by atoms with Crippen LogP contribution in [0.1, 0.15) is 64.7 Å². The van der Waals surface area contributed by atoms with E-state index in [0.29, 0.717) is 58.0 Å². The molecule has 1 aromatic heterocycles. The lowest BCUT2D eigenvalue weighted by atomic mass is 9.66. The molecule has 5 unspecified atom stereocenters. The predicted molar refractivity (Wildman–Crippen MR) is 133 cm³/mol. The number of carbonyl (C=O) groups is 1. The number of alkyl halides is 6. The van der Waals surface area contributed by atoms with Gasteiger partial charge < -0.3 is 19.8 Å². The minimum Gasteiger partial charge on any atom is -0.353 e. The molecule has 3 aliphatic rings. The largest absolute Gasteiger partial charge is 0.404 e. The summed E-state index contributed by atoms with van der Waals surface area (Å²) in [7, 11) is 1.75. The Labute approximate surface area is 225 Å². The van der Waals surface area contributed by atoms with Crippen molar-refractivity contribution < 1.29 is 31.1 Å². The lowest BCUT2D eigenvalue weighted by Crippen LogP contribution is -2.54. The lowest BCUT2D eigenvalue weighted by Gasteiger charge is -2.44. The summed E-state index contributed by atoms with van der Waals surface area (Å²) in [5.41, 5.74) is 0.286. The summed E-state index contributed by atoms with van der Waals surface area (Å²) < 4.78 is 84.5. The van der Waals surface area contributed by atoms with Crippen molar-refractivity contribution in [2.75, 3.05) is 6.54 Å². The van der Waals surface area contributed by atoms with E-state index in [-0.39, 0.29) is 48.2 Å². The van der Waals surface area contributed by atoms with E-state index in [4.69, 9.17) is 5.41 Å². The smallest absolute Gasteiger partial charge is 0.353 e. The SMILES string of the molecule is C[C@H](NC(=O)C1CC(Cn2ccn(C)c2=N)CC(C2CCCNC2C(F)(F)F)C1)C1CCC(C(F)(F)F)CC1. The van der Waals surface area contributed by atoms with Crippen molar-refractivity contribution >= 4 is 5.91 Å². The summed E-state index contributed by atoms with van der Waals surface area (Å²) in [6.45, 7) is 2.59. The zero-order valence-electron chi connectivity index (χ0n) is 22.6. The zero-order valence-corrected chi connectivity index (χ0v) is 22.6. The molecule has 4 rings (SSSR count). The Hall–Kier alpha value is -1.98. The maximum absolute atomic E-state index is 13.9. The summed E-state index contributed by atoms with van der Waals surface area (Å²) >= 11 is 0. The molecule has 0 spiro atoms. The Bertz CT molecular complexity index is 1030. The quantitative estimate of drug-likeness (QED) is 0.418. The van der Waals surface area contributed by atoms with E-state index in [1.807, 2.05) is 6.92 Å². The first-order chi connectivity index (χ1) is 18.2. The average molecular weight is 566 g/mol. The average Bonchev–Trinajstić information content (AvgIpc) is 3.19. The van der Waals surface area contributed by atoms with E-state index in [0.717, 1.165) is 0 Å². The van der Waals surface area contributed by atoms with E-state index in [1.165, 1.54) is 0 Å². The van der Waals surface area contributed by atoms with Gasteiger partial charge in [0.25, 0.3) is 0 Å². The van der Waals surface area contributed by atoms with Gasteiger partial charge in [0, 0.05) is 37.9 Å². The van der Waals surface area contributed by atoms with Crippen LogP contribution in [0.2, 0.25) is 0 Å². The van der Waals surface area contributed by atoms with Crippen LogP contribution in [0.3, 0.4) is 0 Å². The number of hydrogen-bond acceptors (Lipinski definition) is 3. The van der Waals surface area contributed by atoms with Crippen molar-refractivity contribution in [1.29, 1.82) is 5.41 Å². The number of nitrogens with one attached hydrogen (secondary N) is 3. The molecule has 2 aliphatic carbocycles. The number of aryl methyl sites for hydroxylation is 1. The fourth-order valence-electron chi connectivity index (χ4n) is 7.33. The molecule has 6 atom stereocenters. The predicted octanol–water partition coefficient (Wildman–Crippen LogP) is 5.14. The molecule has 1 saturated heterocycles. The summed E-state index contributed by atoms with van der Waals surface area (Å²) in [5.74, 6) is -3.02. The molecule has 3 N–H and O–H groups in total. The number of rotatable bonds is 6. The van der Waals surface area contributed by atoms with Gasteiger partial charge in [0.2, 0.25) is 11.5 Å². The normalized spacial score (nSPS) is 33.5. The van der Waals surface area contributed by atoms with E-state index in [1.54, 1.807) is 28.6 Å². The summed E-state index contributed by atoms with van der Waals surface area (Å²) in [4.78, 5) is 13.5. The van der Waals surface area contributed by atoms with Gasteiger partial charge in [-0.1, -0.05) is 0 Å². The van der Waals surface area contributed by atoms with Gasteiger partial charge in [-0.3, -0.25) is 10.2 Å². The molecule has 2 heterocycles. The van der Waals surface area contributed by atoms with Crippen LogP contribution >= 0.6 is 0 Å². The van der Waals surface area contributed by atoms with Crippen molar-refractivity contribution in [2.45, 2.75) is 95.7 Å². The summed E-state index contributed by atoms with van der Waals surface area (Å²) in [6.07, 6.45) is -1.62. The number of hydrogen-bond donors (Lipinski definition) is 3. The first-order valence-electron chi connectivity index (χ1n) is 14.2. The second-order valence-corrected chi connectivity index (χ2v) is 12.1. The molecule has 0 bridgehead atoms. The fraction of sp³-hybridized carbons (Fsp3) is 0.852. The van der Waals surface area contributed by atoms with Gasteiger partial charge in [0.1, 0.15) is 6.04 Å². The maximum Gasteiger partial charge on any atom is 0.404 e. The van der Waals surface area contributed by atoms with Gasteiger partial charge in [-0.25, -0.2) is 0 Å². The van der Waals surface area contributed by atoms with Crippen LogP contribution in [0.25, 0.3) is 0 Å². The molecule has 0 radical (unpaired) electrons. The number of aromatic nitrogens is 2. The van der Waals surface area contributed by atoms with Gasteiger partial charge in [-0.15, -0.1) is 0 Å². The monoisotopic (exact) mass is 565 g/mol. The molecule has 1 aromatic rings. The Morgan fingerprint density at radius 3 is 2.33 bits per heavy atom. The van der Waals surface area contributed by atoms with Crippen LogP contribution < -0.4 is 16.3 Å². The number of carbonyl (C=O) groups excluding carboxylic acids is 1. The van der Waals surface area contributed by atoms with Crippen LogP contribution in [-0.4, -0.2) is 46.0 Å². The minimum absolute atomic E-state index is 0.0503. The third-order valence-electron chi connectivity index (χ3n) is 9.52. The first kappa shape index (κ1) is 30.0. The Morgan fingerprint density at radius 2 is 1.74 bits per heavy atom. The number of amides is 1. The van der Waals surface area contributed by atoms with Gasteiger partial charge >= 0.3 is 12.4 Å². The second kappa shape index (κ2) is 11.9. The van der Waals surface area contributed by atoms with Crippen molar-refractivity contribution in [3.8, 4) is 0 Å².